The molecule has 2 aromatic rings. The van der Waals surface area contributed by atoms with Crippen LogP contribution in [0.25, 0.3) is 6.08 Å². The molecule has 1 heterocycles. The molecule has 2 aromatic carbocycles. The number of rotatable bonds is 5. The van der Waals surface area contributed by atoms with Gasteiger partial charge in [0.05, 0.1) is 10.0 Å². The van der Waals surface area contributed by atoms with E-state index < -0.39 is 0 Å². The fourth-order valence-corrected chi connectivity index (χ4v) is 5.12. The highest BCUT2D eigenvalue weighted by Crippen LogP contribution is 2.37. The summed E-state index contributed by atoms with van der Waals surface area (Å²) in [5, 5.41) is 1.14. The largest absolute Gasteiger partial charge is 0.486 e. The van der Waals surface area contributed by atoms with E-state index in [9.17, 15) is 9.18 Å². The van der Waals surface area contributed by atoms with Gasteiger partial charge in [0, 0.05) is 13.1 Å². The zero-order valence-electron chi connectivity index (χ0n) is 17.6. The van der Waals surface area contributed by atoms with Crippen LogP contribution in [0, 0.1) is 5.82 Å². The molecule has 0 N–H and O–H groups in total. The molecule has 1 amide bonds. The van der Waals surface area contributed by atoms with Gasteiger partial charge < -0.3 is 9.64 Å². The average molecular weight is 493 g/mol. The van der Waals surface area contributed by atoms with E-state index in [2.05, 4.69) is 0 Å². The normalized spacial score (nSPS) is 18.7. The first-order valence-electron chi connectivity index (χ1n) is 10.5. The number of carbonyl (C=O) groups excluding carboxylic acids is 1. The first kappa shape index (κ1) is 23.0. The van der Waals surface area contributed by atoms with Gasteiger partial charge in [-0.3, -0.25) is 9.69 Å². The molecule has 0 bridgehead atoms. The molecule has 2 fully saturated rings. The van der Waals surface area contributed by atoms with Crippen LogP contribution in [0.1, 0.15) is 43.2 Å². The standard InChI is InChI=1S/C24H23Cl2FN2O2S/c1-28-21(23(30)29(24(28)32)18-8-3-2-4-9-18)13-16-11-19(25)22(20(26)12-16)31-14-15-6-5-7-17(27)10-15/h5-7,10-13,18H,2-4,8-9,14H2,1H3/b21-13-. The van der Waals surface area contributed by atoms with E-state index in [0.717, 1.165) is 25.7 Å². The van der Waals surface area contributed by atoms with E-state index in [1.54, 1.807) is 47.2 Å². The third-order valence-corrected chi connectivity index (χ3v) is 6.86. The molecule has 168 valence electrons. The third-order valence-electron chi connectivity index (χ3n) is 5.83. The van der Waals surface area contributed by atoms with Crippen molar-refractivity contribution in [2.45, 2.75) is 44.8 Å². The number of nitrogens with zero attached hydrogens (tertiary/aromatic N) is 2. The maximum Gasteiger partial charge on any atom is 0.277 e. The van der Waals surface area contributed by atoms with Crippen molar-refractivity contribution in [3.05, 3.63) is 69.1 Å². The number of likely N-dealkylation sites (N-methyl/N-ethyl adjacent to an activating group) is 1. The molecule has 4 rings (SSSR count). The Morgan fingerprint density at radius 1 is 1.16 bits per heavy atom. The lowest BCUT2D eigenvalue weighted by Gasteiger charge is -2.30. The van der Waals surface area contributed by atoms with E-state index in [0.29, 0.717) is 37.7 Å². The maximum absolute atomic E-state index is 13.4. The number of benzene rings is 2. The molecule has 1 saturated carbocycles. The van der Waals surface area contributed by atoms with Crippen molar-refractivity contribution >= 4 is 52.5 Å². The minimum absolute atomic E-state index is 0.0944. The van der Waals surface area contributed by atoms with Gasteiger partial charge in [-0.1, -0.05) is 54.6 Å². The Morgan fingerprint density at radius 2 is 1.84 bits per heavy atom. The zero-order valence-corrected chi connectivity index (χ0v) is 19.9. The van der Waals surface area contributed by atoms with E-state index in [-0.39, 0.29) is 24.4 Å². The molecule has 1 aliphatic carbocycles. The second-order valence-corrected chi connectivity index (χ2v) is 9.25. The number of hydrogen-bond donors (Lipinski definition) is 0. The molecule has 0 atom stereocenters. The molecular formula is C24H23Cl2FN2O2S. The highest BCUT2D eigenvalue weighted by atomic mass is 35.5. The minimum atomic E-state index is -0.337. The lowest BCUT2D eigenvalue weighted by atomic mass is 9.94. The van der Waals surface area contributed by atoms with Crippen molar-refractivity contribution in [1.29, 1.82) is 0 Å². The zero-order chi connectivity index (χ0) is 22.8. The summed E-state index contributed by atoms with van der Waals surface area (Å²) in [6, 6.07) is 9.67. The van der Waals surface area contributed by atoms with Gasteiger partial charge in [-0.2, -0.15) is 0 Å². The summed E-state index contributed by atoms with van der Waals surface area (Å²) >= 11 is 18.4. The highest BCUT2D eigenvalue weighted by Gasteiger charge is 2.40. The molecule has 8 heteroatoms. The van der Waals surface area contributed by atoms with Crippen LogP contribution in [-0.4, -0.2) is 33.9 Å². The molecule has 32 heavy (non-hydrogen) atoms. The van der Waals surface area contributed by atoms with Crippen LogP contribution in [0.4, 0.5) is 4.39 Å². The topological polar surface area (TPSA) is 32.8 Å². The Bertz CT molecular complexity index is 1060. The Hall–Kier alpha value is -2.15. The first-order valence-corrected chi connectivity index (χ1v) is 11.7. The number of halogens is 3. The van der Waals surface area contributed by atoms with Crippen LogP contribution in [0.5, 0.6) is 5.75 Å². The summed E-state index contributed by atoms with van der Waals surface area (Å²) in [7, 11) is 1.80. The summed E-state index contributed by atoms with van der Waals surface area (Å²) in [4.78, 5) is 16.6. The van der Waals surface area contributed by atoms with Crippen molar-refractivity contribution in [3.8, 4) is 5.75 Å². The SMILES string of the molecule is CN1C(=S)N(C2CCCCC2)C(=O)/C1=C/c1cc(Cl)c(OCc2cccc(F)c2)c(Cl)c1. The van der Waals surface area contributed by atoms with Crippen molar-refractivity contribution in [2.24, 2.45) is 0 Å². The van der Waals surface area contributed by atoms with Crippen molar-refractivity contribution < 1.29 is 13.9 Å². The van der Waals surface area contributed by atoms with Crippen LogP contribution in [0.2, 0.25) is 10.0 Å². The highest BCUT2D eigenvalue weighted by molar-refractivity contribution is 7.80. The Labute approximate surface area is 202 Å². The number of amides is 1. The fourth-order valence-electron chi connectivity index (χ4n) is 4.18. The minimum Gasteiger partial charge on any atom is -0.486 e. The van der Waals surface area contributed by atoms with Crippen LogP contribution >= 0.6 is 35.4 Å². The molecule has 1 aliphatic heterocycles. The van der Waals surface area contributed by atoms with Crippen molar-refractivity contribution in [2.75, 3.05) is 7.05 Å². The van der Waals surface area contributed by atoms with Crippen LogP contribution < -0.4 is 4.74 Å². The molecular weight excluding hydrogens is 470 g/mol. The summed E-state index contributed by atoms with van der Waals surface area (Å²) < 4.78 is 19.1. The summed E-state index contributed by atoms with van der Waals surface area (Å²) in [5.41, 5.74) is 1.82. The predicted octanol–water partition coefficient (Wildman–Crippen LogP) is 6.44. The van der Waals surface area contributed by atoms with Gasteiger partial charge in [0.15, 0.2) is 10.9 Å². The molecule has 2 aliphatic rings. The summed E-state index contributed by atoms with van der Waals surface area (Å²) in [5.74, 6) is -0.121. The number of hydrogen-bond acceptors (Lipinski definition) is 3. The Morgan fingerprint density at radius 3 is 2.50 bits per heavy atom. The second kappa shape index (κ2) is 9.77. The van der Waals surface area contributed by atoms with Crippen molar-refractivity contribution in [1.82, 2.24) is 9.80 Å². The summed E-state index contributed by atoms with van der Waals surface area (Å²) in [6.07, 6.45) is 7.12. The predicted molar refractivity (Wildman–Crippen MR) is 129 cm³/mol. The second-order valence-electron chi connectivity index (χ2n) is 8.07. The lowest BCUT2D eigenvalue weighted by Crippen LogP contribution is -2.41. The molecule has 4 nitrogen and oxygen atoms in total. The smallest absolute Gasteiger partial charge is 0.277 e. The van der Waals surface area contributed by atoms with E-state index in [1.807, 2.05) is 0 Å². The number of ether oxygens (including phenoxy) is 1. The van der Waals surface area contributed by atoms with Gasteiger partial charge in [0.25, 0.3) is 5.91 Å². The number of thiocarbonyl (C=S) groups is 1. The van der Waals surface area contributed by atoms with Gasteiger partial charge in [-0.25, -0.2) is 4.39 Å². The lowest BCUT2D eigenvalue weighted by molar-refractivity contribution is -0.124. The van der Waals surface area contributed by atoms with Gasteiger partial charge >= 0.3 is 0 Å². The molecule has 0 aromatic heterocycles. The van der Waals surface area contributed by atoms with Gasteiger partial charge in [-0.15, -0.1) is 0 Å². The monoisotopic (exact) mass is 492 g/mol. The van der Waals surface area contributed by atoms with Crippen molar-refractivity contribution in [3.63, 3.8) is 0 Å². The molecule has 0 unspecified atom stereocenters. The van der Waals surface area contributed by atoms with Crippen LogP contribution in [0.15, 0.2) is 42.1 Å². The quantitative estimate of drug-likeness (QED) is 0.354. The Kier molecular flexibility index (Phi) is 7.03. The Balaban J connectivity index is 1.54. The van der Waals surface area contributed by atoms with E-state index in [1.165, 1.54) is 18.6 Å². The molecule has 0 spiro atoms. The van der Waals surface area contributed by atoms with Gasteiger partial charge in [0.2, 0.25) is 0 Å². The van der Waals surface area contributed by atoms with E-state index in [4.69, 9.17) is 40.2 Å². The average Bonchev–Trinajstić information content (AvgIpc) is 2.97. The first-order chi connectivity index (χ1) is 15.3. The fraction of sp³-hybridized carbons (Fsp3) is 0.333. The van der Waals surface area contributed by atoms with Gasteiger partial charge in [0.1, 0.15) is 18.1 Å². The summed E-state index contributed by atoms with van der Waals surface area (Å²) in [6.45, 7) is 0.128. The van der Waals surface area contributed by atoms with Crippen LogP contribution in [-0.2, 0) is 11.4 Å². The molecule has 1 saturated heterocycles. The maximum atomic E-state index is 13.4. The third kappa shape index (κ3) is 4.77. The van der Waals surface area contributed by atoms with Crippen LogP contribution in [0.3, 0.4) is 0 Å². The number of carbonyl (C=O) groups is 1. The van der Waals surface area contributed by atoms with Gasteiger partial charge in [-0.05, 0) is 66.5 Å². The van der Waals surface area contributed by atoms with E-state index >= 15 is 0 Å². The molecule has 0 radical (unpaired) electrons.